The van der Waals surface area contributed by atoms with Crippen LogP contribution in [0.2, 0.25) is 5.02 Å². The lowest BCUT2D eigenvalue weighted by molar-refractivity contribution is 0.196. The van der Waals surface area contributed by atoms with E-state index in [4.69, 9.17) is 16.3 Å². The molecule has 2 nitrogen and oxygen atoms in total. The standard InChI is InChI=1S/C15H21ClFNO/c1-19-9-8-18-11-15(6-2-3-7-15)13-5-4-12(17)10-14(13)16/h4-5,10,18H,2-3,6-9,11H2,1H3. The van der Waals surface area contributed by atoms with Crippen LogP contribution in [-0.2, 0) is 10.2 Å². The Balaban J connectivity index is 2.14. The maximum atomic E-state index is 13.2. The Hall–Kier alpha value is -0.640. The van der Waals surface area contributed by atoms with E-state index in [0.29, 0.717) is 11.6 Å². The van der Waals surface area contributed by atoms with E-state index < -0.39 is 0 Å². The zero-order valence-electron chi connectivity index (χ0n) is 11.3. The van der Waals surface area contributed by atoms with Crippen molar-refractivity contribution in [2.75, 3.05) is 26.8 Å². The smallest absolute Gasteiger partial charge is 0.124 e. The van der Waals surface area contributed by atoms with Crippen LogP contribution >= 0.6 is 11.6 Å². The molecule has 106 valence electrons. The first-order valence-electron chi connectivity index (χ1n) is 6.83. The predicted octanol–water partition coefficient (Wildman–Crippen LogP) is 3.53. The molecule has 0 spiro atoms. The minimum Gasteiger partial charge on any atom is -0.383 e. The van der Waals surface area contributed by atoms with Gasteiger partial charge in [0.15, 0.2) is 0 Å². The largest absolute Gasteiger partial charge is 0.383 e. The van der Waals surface area contributed by atoms with Gasteiger partial charge in [0.1, 0.15) is 5.82 Å². The monoisotopic (exact) mass is 285 g/mol. The number of halogens is 2. The van der Waals surface area contributed by atoms with E-state index in [2.05, 4.69) is 5.32 Å². The van der Waals surface area contributed by atoms with Crippen LogP contribution in [0.1, 0.15) is 31.2 Å². The molecule has 0 atom stereocenters. The lowest BCUT2D eigenvalue weighted by Gasteiger charge is -2.31. The second kappa shape index (κ2) is 6.69. The summed E-state index contributed by atoms with van der Waals surface area (Å²) in [5.41, 5.74) is 1.14. The van der Waals surface area contributed by atoms with Crippen LogP contribution in [0.15, 0.2) is 18.2 Å². The number of benzene rings is 1. The highest BCUT2D eigenvalue weighted by Crippen LogP contribution is 2.43. The first kappa shape index (κ1) is 14.8. The summed E-state index contributed by atoms with van der Waals surface area (Å²) in [5.74, 6) is -0.269. The van der Waals surface area contributed by atoms with Crippen LogP contribution in [0.5, 0.6) is 0 Å². The van der Waals surface area contributed by atoms with Crippen LogP contribution in [-0.4, -0.2) is 26.8 Å². The van der Waals surface area contributed by atoms with Gasteiger partial charge in [-0.1, -0.05) is 30.5 Å². The number of hydrogen-bond donors (Lipinski definition) is 1. The van der Waals surface area contributed by atoms with Gasteiger partial charge >= 0.3 is 0 Å². The zero-order chi connectivity index (χ0) is 13.7. The molecule has 0 bridgehead atoms. The molecule has 0 radical (unpaired) electrons. The maximum Gasteiger partial charge on any atom is 0.124 e. The van der Waals surface area contributed by atoms with Gasteiger partial charge in [-0.2, -0.15) is 0 Å². The first-order chi connectivity index (χ1) is 9.18. The topological polar surface area (TPSA) is 21.3 Å². The summed E-state index contributed by atoms with van der Waals surface area (Å²) in [4.78, 5) is 0. The van der Waals surface area contributed by atoms with Crippen molar-refractivity contribution in [2.24, 2.45) is 0 Å². The van der Waals surface area contributed by atoms with Gasteiger partial charge in [0.2, 0.25) is 0 Å². The van der Waals surface area contributed by atoms with E-state index in [9.17, 15) is 4.39 Å². The van der Waals surface area contributed by atoms with Gasteiger partial charge in [0.05, 0.1) is 6.61 Å². The molecule has 0 saturated heterocycles. The second-order valence-electron chi connectivity index (χ2n) is 5.28. The molecule has 19 heavy (non-hydrogen) atoms. The third-order valence-corrected chi connectivity index (χ3v) is 4.32. The van der Waals surface area contributed by atoms with E-state index >= 15 is 0 Å². The molecule has 1 aromatic rings. The molecule has 2 rings (SSSR count). The molecule has 1 aliphatic rings. The molecule has 0 aliphatic heterocycles. The lowest BCUT2D eigenvalue weighted by atomic mass is 9.78. The van der Waals surface area contributed by atoms with E-state index in [1.165, 1.54) is 25.0 Å². The summed E-state index contributed by atoms with van der Waals surface area (Å²) < 4.78 is 18.2. The number of ether oxygens (including phenoxy) is 1. The fraction of sp³-hybridized carbons (Fsp3) is 0.600. The quantitative estimate of drug-likeness (QED) is 0.808. The van der Waals surface area contributed by atoms with E-state index in [0.717, 1.165) is 31.5 Å². The Morgan fingerprint density at radius 1 is 1.37 bits per heavy atom. The highest BCUT2D eigenvalue weighted by molar-refractivity contribution is 6.31. The molecule has 0 unspecified atom stereocenters. The summed E-state index contributed by atoms with van der Waals surface area (Å²) in [6, 6.07) is 4.78. The summed E-state index contributed by atoms with van der Waals surface area (Å²) >= 11 is 6.25. The average molecular weight is 286 g/mol. The Labute approximate surface area is 119 Å². The van der Waals surface area contributed by atoms with Gasteiger partial charge < -0.3 is 10.1 Å². The molecular formula is C15H21ClFNO. The van der Waals surface area contributed by atoms with Crippen LogP contribution in [0.3, 0.4) is 0 Å². The van der Waals surface area contributed by atoms with Gasteiger partial charge in [-0.3, -0.25) is 0 Å². The Morgan fingerprint density at radius 2 is 2.11 bits per heavy atom. The molecule has 0 aromatic heterocycles. The minimum absolute atomic E-state index is 0.0541. The van der Waals surface area contributed by atoms with Gasteiger partial charge in [-0.25, -0.2) is 4.39 Å². The van der Waals surface area contributed by atoms with Crippen LogP contribution in [0.4, 0.5) is 4.39 Å². The number of nitrogens with one attached hydrogen (secondary N) is 1. The Morgan fingerprint density at radius 3 is 2.74 bits per heavy atom. The van der Waals surface area contributed by atoms with Crippen LogP contribution in [0.25, 0.3) is 0 Å². The molecule has 1 aromatic carbocycles. The summed E-state index contributed by atoms with van der Waals surface area (Å²) in [6.45, 7) is 2.41. The van der Waals surface area contributed by atoms with Crippen molar-refractivity contribution in [3.05, 3.63) is 34.6 Å². The fourth-order valence-electron chi connectivity index (χ4n) is 3.01. The van der Waals surface area contributed by atoms with Crippen molar-refractivity contribution in [3.63, 3.8) is 0 Å². The van der Waals surface area contributed by atoms with Crippen molar-refractivity contribution < 1.29 is 9.13 Å². The SMILES string of the molecule is COCCNCC1(c2ccc(F)cc2Cl)CCCC1. The number of rotatable bonds is 6. The third-order valence-electron chi connectivity index (χ3n) is 4.01. The molecule has 4 heteroatoms. The van der Waals surface area contributed by atoms with Gasteiger partial charge in [-0.15, -0.1) is 0 Å². The average Bonchev–Trinajstić information content (AvgIpc) is 2.84. The molecule has 1 N–H and O–H groups in total. The fourth-order valence-corrected chi connectivity index (χ4v) is 3.38. The van der Waals surface area contributed by atoms with E-state index in [-0.39, 0.29) is 11.2 Å². The molecule has 1 saturated carbocycles. The van der Waals surface area contributed by atoms with Crippen molar-refractivity contribution >= 4 is 11.6 Å². The van der Waals surface area contributed by atoms with Crippen molar-refractivity contribution in [3.8, 4) is 0 Å². The molecule has 1 fully saturated rings. The predicted molar refractivity (Wildman–Crippen MR) is 76.3 cm³/mol. The summed E-state index contributed by atoms with van der Waals surface area (Å²) in [6.07, 6.45) is 4.63. The van der Waals surface area contributed by atoms with Crippen molar-refractivity contribution in [1.82, 2.24) is 5.32 Å². The lowest BCUT2D eigenvalue weighted by Crippen LogP contribution is -2.37. The van der Waals surface area contributed by atoms with Crippen molar-refractivity contribution in [2.45, 2.75) is 31.1 Å². The van der Waals surface area contributed by atoms with Gasteiger partial charge in [0.25, 0.3) is 0 Å². The number of methoxy groups -OCH3 is 1. The Bertz CT molecular complexity index is 419. The van der Waals surface area contributed by atoms with Gasteiger partial charge in [-0.05, 0) is 30.5 Å². The zero-order valence-corrected chi connectivity index (χ0v) is 12.1. The highest BCUT2D eigenvalue weighted by atomic mass is 35.5. The van der Waals surface area contributed by atoms with Crippen LogP contribution in [0, 0.1) is 5.82 Å². The molecular weight excluding hydrogens is 265 g/mol. The first-order valence-corrected chi connectivity index (χ1v) is 7.21. The van der Waals surface area contributed by atoms with E-state index in [1.54, 1.807) is 7.11 Å². The second-order valence-corrected chi connectivity index (χ2v) is 5.69. The molecule has 0 amide bonds. The molecule has 1 aliphatic carbocycles. The van der Waals surface area contributed by atoms with E-state index in [1.807, 2.05) is 6.07 Å². The normalized spacial score (nSPS) is 17.8. The van der Waals surface area contributed by atoms with Gasteiger partial charge in [0, 0.05) is 30.6 Å². The maximum absolute atomic E-state index is 13.2. The van der Waals surface area contributed by atoms with Crippen LogP contribution < -0.4 is 5.32 Å². The van der Waals surface area contributed by atoms with Crippen molar-refractivity contribution in [1.29, 1.82) is 0 Å². The number of hydrogen-bond acceptors (Lipinski definition) is 2. The third kappa shape index (κ3) is 3.47. The Kier molecular flexibility index (Phi) is 5.20. The minimum atomic E-state index is -0.269. The summed E-state index contributed by atoms with van der Waals surface area (Å²) in [7, 11) is 1.70. The summed E-state index contributed by atoms with van der Waals surface area (Å²) in [5, 5.41) is 3.98. The highest BCUT2D eigenvalue weighted by Gasteiger charge is 2.36. The molecule has 0 heterocycles.